The van der Waals surface area contributed by atoms with Gasteiger partial charge in [0, 0.05) is 6.04 Å². The number of ether oxygens (including phenoxy) is 1. The maximum Gasteiger partial charge on any atom is 0.340 e. The van der Waals surface area contributed by atoms with Crippen LogP contribution in [0.5, 0.6) is 5.88 Å². The number of aliphatic imine (C=N–C) groups is 1. The Bertz CT molecular complexity index is 793. The molecule has 122 valence electrons. The van der Waals surface area contributed by atoms with E-state index in [4.69, 9.17) is 17.0 Å². The number of esters is 1. The molecule has 2 rings (SSSR count). The van der Waals surface area contributed by atoms with Gasteiger partial charge >= 0.3 is 5.97 Å². The maximum absolute atomic E-state index is 11.7. The predicted octanol–water partition coefficient (Wildman–Crippen LogP) is 4.49. The lowest BCUT2D eigenvalue weighted by Crippen LogP contribution is -2.03. The molecule has 1 atom stereocenters. The van der Waals surface area contributed by atoms with Gasteiger partial charge in [0.25, 0.3) is 0 Å². The highest BCUT2D eigenvalue weighted by atomic mass is 32.1. The van der Waals surface area contributed by atoms with Crippen molar-refractivity contribution in [2.75, 3.05) is 7.11 Å². The Balaban J connectivity index is 2.39. The lowest BCUT2D eigenvalue weighted by molar-refractivity contribution is 0.0601. The Morgan fingerprint density at radius 1 is 1.52 bits per heavy atom. The van der Waals surface area contributed by atoms with Crippen molar-refractivity contribution in [2.24, 2.45) is 4.99 Å². The van der Waals surface area contributed by atoms with E-state index in [1.807, 2.05) is 13.8 Å². The first-order valence-electron chi connectivity index (χ1n) is 7.15. The molecule has 0 amide bonds. The van der Waals surface area contributed by atoms with Crippen LogP contribution in [0.4, 0.5) is 5.69 Å². The van der Waals surface area contributed by atoms with Crippen LogP contribution in [0.1, 0.15) is 41.5 Å². The van der Waals surface area contributed by atoms with E-state index in [0.29, 0.717) is 20.1 Å². The first kappa shape index (κ1) is 17.4. The number of aromatic hydroxyl groups is 1. The van der Waals surface area contributed by atoms with Crippen LogP contribution in [0, 0.1) is 3.95 Å². The lowest BCUT2D eigenvalue weighted by Gasteiger charge is -2.11. The minimum absolute atomic E-state index is 0.105. The number of rotatable bonds is 5. The van der Waals surface area contributed by atoms with Crippen molar-refractivity contribution in [2.45, 2.75) is 26.3 Å². The van der Waals surface area contributed by atoms with Gasteiger partial charge in [0.15, 0.2) is 3.95 Å². The van der Waals surface area contributed by atoms with E-state index in [-0.39, 0.29) is 11.9 Å². The number of nitrogens with zero attached hydrogens (tertiary/aromatic N) is 2. The van der Waals surface area contributed by atoms with E-state index in [0.717, 1.165) is 6.42 Å². The largest absolute Gasteiger partial charge is 0.493 e. The molecular formula is C16H18N2O3S2. The summed E-state index contributed by atoms with van der Waals surface area (Å²) in [7, 11) is 1.33. The molecule has 0 spiro atoms. The lowest BCUT2D eigenvalue weighted by atomic mass is 10.2. The first-order valence-corrected chi connectivity index (χ1v) is 8.37. The molecule has 1 heterocycles. The van der Waals surface area contributed by atoms with Gasteiger partial charge in [-0.2, -0.15) is 0 Å². The number of carbonyl (C=O) groups is 1. The number of benzene rings is 1. The van der Waals surface area contributed by atoms with Crippen molar-refractivity contribution >= 4 is 41.4 Å². The van der Waals surface area contributed by atoms with Gasteiger partial charge in [-0.15, -0.1) is 0 Å². The van der Waals surface area contributed by atoms with Crippen molar-refractivity contribution in [3.63, 3.8) is 0 Å². The summed E-state index contributed by atoms with van der Waals surface area (Å²) >= 11 is 6.59. The van der Waals surface area contributed by atoms with E-state index < -0.39 is 5.97 Å². The SMILES string of the molecule is CC[C@H](C)n1c(O)c(C=Nc2ccccc2C(=O)OC)sc1=S. The molecule has 0 saturated carbocycles. The van der Waals surface area contributed by atoms with Crippen molar-refractivity contribution < 1.29 is 14.6 Å². The minimum Gasteiger partial charge on any atom is -0.493 e. The Kier molecular flexibility index (Phi) is 5.68. The van der Waals surface area contributed by atoms with Crippen LogP contribution < -0.4 is 0 Å². The summed E-state index contributed by atoms with van der Waals surface area (Å²) in [5.74, 6) is -0.347. The van der Waals surface area contributed by atoms with Gasteiger partial charge in [-0.05, 0) is 37.7 Å². The Labute approximate surface area is 143 Å². The van der Waals surface area contributed by atoms with Crippen molar-refractivity contribution in [3.8, 4) is 5.88 Å². The van der Waals surface area contributed by atoms with Crippen LogP contribution in [0.2, 0.25) is 0 Å². The number of hydrogen-bond donors (Lipinski definition) is 1. The number of thiazole rings is 1. The zero-order valence-corrected chi connectivity index (χ0v) is 14.8. The van der Waals surface area contributed by atoms with Crippen molar-refractivity contribution in [1.29, 1.82) is 0 Å². The molecule has 0 bridgehead atoms. The molecular weight excluding hydrogens is 332 g/mol. The summed E-state index contributed by atoms with van der Waals surface area (Å²) in [6, 6.07) is 7.00. The molecule has 0 aliphatic rings. The zero-order valence-electron chi connectivity index (χ0n) is 13.1. The van der Waals surface area contributed by atoms with Gasteiger partial charge in [0.1, 0.15) is 4.88 Å². The smallest absolute Gasteiger partial charge is 0.340 e. The summed E-state index contributed by atoms with van der Waals surface area (Å²) in [5.41, 5.74) is 0.851. The number of carbonyl (C=O) groups excluding carboxylic acids is 1. The predicted molar refractivity (Wildman–Crippen MR) is 94.8 cm³/mol. The Morgan fingerprint density at radius 2 is 2.22 bits per heavy atom. The maximum atomic E-state index is 11.7. The summed E-state index contributed by atoms with van der Waals surface area (Å²) in [6.45, 7) is 4.03. The van der Waals surface area contributed by atoms with Gasteiger partial charge in [-0.1, -0.05) is 30.4 Å². The molecule has 2 aromatic rings. The quantitative estimate of drug-likeness (QED) is 0.490. The third-order valence-corrected chi connectivity index (χ3v) is 4.83. The van der Waals surface area contributed by atoms with Crippen LogP contribution in [0.3, 0.4) is 0 Å². The van der Waals surface area contributed by atoms with Crippen LogP contribution in [-0.2, 0) is 4.74 Å². The fourth-order valence-corrected chi connectivity index (χ4v) is 3.43. The molecule has 5 nitrogen and oxygen atoms in total. The average molecular weight is 350 g/mol. The molecule has 0 saturated heterocycles. The zero-order chi connectivity index (χ0) is 17.0. The monoisotopic (exact) mass is 350 g/mol. The van der Waals surface area contributed by atoms with E-state index >= 15 is 0 Å². The van der Waals surface area contributed by atoms with E-state index in [9.17, 15) is 9.90 Å². The molecule has 23 heavy (non-hydrogen) atoms. The summed E-state index contributed by atoms with van der Waals surface area (Å²) in [6.07, 6.45) is 2.39. The highest BCUT2D eigenvalue weighted by molar-refractivity contribution is 7.73. The average Bonchev–Trinajstić information content (AvgIpc) is 2.85. The van der Waals surface area contributed by atoms with Gasteiger partial charge < -0.3 is 9.84 Å². The number of hydrogen-bond acceptors (Lipinski definition) is 6. The van der Waals surface area contributed by atoms with Crippen LogP contribution in [-0.4, -0.2) is 29.0 Å². The Hall–Kier alpha value is -1.99. The molecule has 0 unspecified atom stereocenters. The summed E-state index contributed by atoms with van der Waals surface area (Å²) in [4.78, 5) is 16.6. The second kappa shape index (κ2) is 7.52. The Morgan fingerprint density at radius 3 is 2.87 bits per heavy atom. The van der Waals surface area contributed by atoms with Gasteiger partial charge in [-0.3, -0.25) is 9.56 Å². The second-order valence-electron chi connectivity index (χ2n) is 4.95. The van der Waals surface area contributed by atoms with Crippen molar-refractivity contribution in [3.05, 3.63) is 38.7 Å². The molecule has 0 radical (unpaired) electrons. The number of para-hydroxylation sites is 1. The fraction of sp³-hybridized carbons (Fsp3) is 0.312. The van der Waals surface area contributed by atoms with Gasteiger partial charge in [0.2, 0.25) is 5.88 Å². The molecule has 1 N–H and O–H groups in total. The van der Waals surface area contributed by atoms with Gasteiger partial charge in [-0.25, -0.2) is 4.79 Å². The summed E-state index contributed by atoms with van der Waals surface area (Å²) < 4.78 is 7.05. The van der Waals surface area contributed by atoms with Crippen LogP contribution in [0.25, 0.3) is 0 Å². The van der Waals surface area contributed by atoms with E-state index in [2.05, 4.69) is 4.99 Å². The molecule has 1 aromatic heterocycles. The highest BCUT2D eigenvalue weighted by Crippen LogP contribution is 2.30. The highest BCUT2D eigenvalue weighted by Gasteiger charge is 2.15. The molecule has 0 aliphatic heterocycles. The van der Waals surface area contributed by atoms with E-state index in [1.165, 1.54) is 24.7 Å². The number of aromatic nitrogens is 1. The topological polar surface area (TPSA) is 63.8 Å². The molecule has 0 fully saturated rings. The van der Waals surface area contributed by atoms with Crippen LogP contribution >= 0.6 is 23.6 Å². The van der Waals surface area contributed by atoms with Crippen LogP contribution in [0.15, 0.2) is 29.3 Å². The summed E-state index contributed by atoms with van der Waals surface area (Å²) in [5, 5.41) is 10.3. The third kappa shape index (κ3) is 3.68. The van der Waals surface area contributed by atoms with E-state index in [1.54, 1.807) is 28.8 Å². The molecule has 1 aromatic carbocycles. The molecule has 0 aliphatic carbocycles. The molecule has 7 heteroatoms. The first-order chi connectivity index (χ1) is 11.0. The normalized spacial score (nSPS) is 12.5. The number of methoxy groups -OCH3 is 1. The third-order valence-electron chi connectivity index (χ3n) is 3.50. The standard InChI is InChI=1S/C16H18N2O3S2/c1-4-10(2)18-14(19)13(23-16(18)22)9-17-12-8-6-5-7-11(12)15(20)21-3/h5-10,19H,4H2,1-3H3/t10-/m0/s1. The fourth-order valence-electron chi connectivity index (χ4n) is 2.05. The second-order valence-corrected chi connectivity index (χ2v) is 6.63. The van der Waals surface area contributed by atoms with Gasteiger partial charge in [0.05, 0.1) is 24.6 Å². The minimum atomic E-state index is -0.452. The van der Waals surface area contributed by atoms with Crippen molar-refractivity contribution in [1.82, 2.24) is 4.57 Å².